The summed E-state index contributed by atoms with van der Waals surface area (Å²) in [6.07, 6.45) is -1.27. The maximum atomic E-state index is 12.8. The molecular formula is C11H16ClF2NO3. The molecule has 0 N–H and O–H groups in total. The van der Waals surface area contributed by atoms with Crippen molar-refractivity contribution < 1.29 is 23.1 Å². The number of nitrogens with zero attached hydrogens (tertiary/aromatic N) is 1. The van der Waals surface area contributed by atoms with Crippen molar-refractivity contribution in [2.45, 2.75) is 38.6 Å². The van der Waals surface area contributed by atoms with Crippen LogP contribution in [0.5, 0.6) is 0 Å². The van der Waals surface area contributed by atoms with E-state index < -0.39 is 35.8 Å². The number of ether oxygens (including phenoxy) is 1. The molecular weight excluding hydrogens is 268 g/mol. The van der Waals surface area contributed by atoms with Crippen molar-refractivity contribution in [3.8, 4) is 0 Å². The number of carbonyl (C=O) groups is 2. The van der Waals surface area contributed by atoms with E-state index in [-0.39, 0.29) is 12.5 Å². The molecule has 0 radical (unpaired) electrons. The average Bonchev–Trinajstić information content (AvgIpc) is 2.58. The van der Waals surface area contributed by atoms with Gasteiger partial charge in [0.05, 0.1) is 6.04 Å². The van der Waals surface area contributed by atoms with Crippen LogP contribution in [0.3, 0.4) is 0 Å². The van der Waals surface area contributed by atoms with Gasteiger partial charge in [0.25, 0.3) is 0 Å². The van der Waals surface area contributed by atoms with Crippen molar-refractivity contribution in [3.63, 3.8) is 0 Å². The van der Waals surface area contributed by atoms with Crippen molar-refractivity contribution in [1.82, 2.24) is 4.90 Å². The van der Waals surface area contributed by atoms with Crippen LogP contribution in [0.25, 0.3) is 0 Å². The highest BCUT2D eigenvalue weighted by atomic mass is 35.5. The van der Waals surface area contributed by atoms with Gasteiger partial charge in [-0.1, -0.05) is 20.8 Å². The Labute approximate surface area is 109 Å². The minimum absolute atomic E-state index is 0.00668. The van der Waals surface area contributed by atoms with Crippen molar-refractivity contribution >= 4 is 23.6 Å². The molecule has 0 aromatic carbocycles. The van der Waals surface area contributed by atoms with E-state index in [4.69, 9.17) is 16.3 Å². The minimum Gasteiger partial charge on any atom is -0.447 e. The highest BCUT2D eigenvalue weighted by Gasteiger charge is 2.42. The maximum absolute atomic E-state index is 12.8. The fourth-order valence-corrected chi connectivity index (χ4v) is 1.77. The smallest absolute Gasteiger partial charge is 0.416 e. The van der Waals surface area contributed by atoms with Gasteiger partial charge in [0, 0.05) is 12.3 Å². The number of alkyl halides is 3. The molecule has 0 aromatic heterocycles. The topological polar surface area (TPSA) is 46.6 Å². The minimum atomic E-state index is -3.47. The van der Waals surface area contributed by atoms with Gasteiger partial charge in [-0.3, -0.25) is 4.79 Å². The molecule has 18 heavy (non-hydrogen) atoms. The van der Waals surface area contributed by atoms with E-state index >= 15 is 0 Å². The molecule has 0 saturated carbocycles. The van der Waals surface area contributed by atoms with Gasteiger partial charge in [0.15, 0.2) is 0 Å². The number of cyclic esters (lactones) is 1. The molecule has 0 bridgehead atoms. The molecule has 1 fully saturated rings. The van der Waals surface area contributed by atoms with Crippen LogP contribution in [0.2, 0.25) is 0 Å². The Morgan fingerprint density at radius 3 is 2.56 bits per heavy atom. The third-order valence-electron chi connectivity index (χ3n) is 2.98. The highest BCUT2D eigenvalue weighted by molar-refractivity contribution is 6.22. The van der Waals surface area contributed by atoms with Crippen molar-refractivity contribution in [3.05, 3.63) is 0 Å². The van der Waals surface area contributed by atoms with Crippen molar-refractivity contribution in [2.24, 2.45) is 11.8 Å². The lowest BCUT2D eigenvalue weighted by Crippen LogP contribution is -2.43. The summed E-state index contributed by atoms with van der Waals surface area (Å²) >= 11 is 4.85. The summed E-state index contributed by atoms with van der Waals surface area (Å²) in [5.74, 6) is -2.01. The first-order valence-corrected chi connectivity index (χ1v) is 6.08. The molecule has 0 spiro atoms. The SMILES string of the molecule is CC(C)[C@H]1COC(=O)N1C(=O)CC(C)C(F)(F)Cl. The summed E-state index contributed by atoms with van der Waals surface area (Å²) in [4.78, 5) is 24.2. The monoisotopic (exact) mass is 283 g/mol. The number of amides is 2. The van der Waals surface area contributed by atoms with E-state index in [1.807, 2.05) is 13.8 Å². The van der Waals surface area contributed by atoms with Crippen LogP contribution in [0, 0.1) is 11.8 Å². The number of imide groups is 1. The molecule has 1 aliphatic heterocycles. The summed E-state index contributed by atoms with van der Waals surface area (Å²) in [6.45, 7) is 4.92. The maximum Gasteiger partial charge on any atom is 0.416 e. The van der Waals surface area contributed by atoms with Crippen LogP contribution >= 0.6 is 11.6 Å². The summed E-state index contributed by atoms with van der Waals surface area (Å²) < 4.78 is 30.4. The van der Waals surface area contributed by atoms with Gasteiger partial charge in [-0.2, -0.15) is 8.78 Å². The molecule has 1 rings (SSSR count). The lowest BCUT2D eigenvalue weighted by Gasteiger charge is -2.24. The van der Waals surface area contributed by atoms with E-state index in [2.05, 4.69) is 0 Å². The van der Waals surface area contributed by atoms with Gasteiger partial charge < -0.3 is 4.74 Å². The van der Waals surface area contributed by atoms with Gasteiger partial charge in [0.2, 0.25) is 5.91 Å². The fourth-order valence-electron chi connectivity index (χ4n) is 1.69. The third-order valence-corrected chi connectivity index (χ3v) is 3.36. The Kier molecular flexibility index (Phi) is 4.53. The second-order valence-corrected chi connectivity index (χ2v) is 5.30. The molecule has 1 heterocycles. The summed E-state index contributed by atoms with van der Waals surface area (Å²) in [5.41, 5.74) is 0. The molecule has 2 atom stereocenters. The van der Waals surface area contributed by atoms with Crippen LogP contribution in [0.1, 0.15) is 27.2 Å². The summed E-state index contributed by atoms with van der Waals surface area (Å²) in [7, 11) is 0. The van der Waals surface area contributed by atoms with E-state index in [0.29, 0.717) is 0 Å². The molecule has 1 saturated heterocycles. The van der Waals surface area contributed by atoms with E-state index in [0.717, 1.165) is 11.8 Å². The second kappa shape index (κ2) is 5.38. The normalized spacial score (nSPS) is 22.3. The molecule has 0 aromatic rings. The van der Waals surface area contributed by atoms with Crippen LogP contribution in [0.15, 0.2) is 0 Å². The van der Waals surface area contributed by atoms with E-state index in [1.54, 1.807) is 0 Å². The standard InChI is InChI=1S/C11H16ClF2NO3/c1-6(2)8-5-18-10(17)15(8)9(16)4-7(3)11(12,13)14/h6-8H,4-5H2,1-3H3/t7?,8-/m1/s1. The zero-order chi connectivity index (χ0) is 14.1. The lowest BCUT2D eigenvalue weighted by atomic mass is 10.0. The van der Waals surface area contributed by atoms with Gasteiger partial charge >= 0.3 is 11.5 Å². The van der Waals surface area contributed by atoms with Crippen LogP contribution in [-0.4, -0.2) is 34.9 Å². The third kappa shape index (κ3) is 3.31. The lowest BCUT2D eigenvalue weighted by molar-refractivity contribution is -0.132. The van der Waals surface area contributed by atoms with Crippen molar-refractivity contribution in [1.29, 1.82) is 0 Å². The highest BCUT2D eigenvalue weighted by Crippen LogP contribution is 2.32. The number of rotatable bonds is 4. The van der Waals surface area contributed by atoms with Gasteiger partial charge in [-0.05, 0) is 17.5 Å². The number of hydrogen-bond donors (Lipinski definition) is 0. The Morgan fingerprint density at radius 2 is 2.11 bits per heavy atom. The number of halogens is 3. The van der Waals surface area contributed by atoms with Crippen molar-refractivity contribution in [2.75, 3.05) is 6.61 Å². The molecule has 7 heteroatoms. The number of hydrogen-bond acceptors (Lipinski definition) is 3. The fraction of sp³-hybridized carbons (Fsp3) is 0.818. The largest absolute Gasteiger partial charge is 0.447 e. The van der Waals surface area contributed by atoms with Crippen LogP contribution in [0.4, 0.5) is 13.6 Å². The predicted octanol–water partition coefficient (Wildman–Crippen LogP) is 2.85. The first-order chi connectivity index (χ1) is 8.14. The van der Waals surface area contributed by atoms with Gasteiger partial charge in [-0.25, -0.2) is 9.69 Å². The molecule has 1 aliphatic rings. The first-order valence-electron chi connectivity index (χ1n) is 5.70. The average molecular weight is 284 g/mol. The molecule has 2 amide bonds. The van der Waals surface area contributed by atoms with Gasteiger partial charge in [-0.15, -0.1) is 0 Å². The second-order valence-electron chi connectivity index (χ2n) is 4.80. The van der Waals surface area contributed by atoms with E-state index in [1.165, 1.54) is 0 Å². The molecule has 4 nitrogen and oxygen atoms in total. The molecule has 104 valence electrons. The summed E-state index contributed by atoms with van der Waals surface area (Å²) in [6, 6.07) is -0.402. The zero-order valence-corrected chi connectivity index (χ0v) is 11.2. The van der Waals surface area contributed by atoms with E-state index in [9.17, 15) is 18.4 Å². The first kappa shape index (κ1) is 15.1. The predicted molar refractivity (Wildman–Crippen MR) is 61.4 cm³/mol. The Morgan fingerprint density at radius 1 is 1.56 bits per heavy atom. The molecule has 0 aliphatic carbocycles. The Balaban J connectivity index is 2.73. The number of carbonyl (C=O) groups excluding carboxylic acids is 2. The Bertz CT molecular complexity index is 344. The molecule has 1 unspecified atom stereocenters. The van der Waals surface area contributed by atoms with Gasteiger partial charge in [0.1, 0.15) is 6.61 Å². The van der Waals surface area contributed by atoms with Crippen LogP contribution in [-0.2, 0) is 9.53 Å². The quantitative estimate of drug-likeness (QED) is 0.745. The summed E-state index contributed by atoms with van der Waals surface area (Å²) in [5, 5.41) is -3.47. The Hall–Kier alpha value is -0.910. The van der Waals surface area contributed by atoms with Crippen LogP contribution < -0.4 is 0 Å². The zero-order valence-electron chi connectivity index (χ0n) is 10.5.